The van der Waals surface area contributed by atoms with Crippen LogP contribution in [0.25, 0.3) is 0 Å². The molecule has 0 saturated carbocycles. The molecule has 0 spiro atoms. The molecule has 1 heterocycles. The van der Waals surface area contributed by atoms with Gasteiger partial charge >= 0.3 is 5.97 Å². The molecule has 0 N–H and O–H groups in total. The Morgan fingerprint density at radius 1 is 1.15 bits per heavy atom. The van der Waals surface area contributed by atoms with E-state index in [0.717, 1.165) is 31.4 Å². The van der Waals surface area contributed by atoms with Crippen LogP contribution in [0, 0.1) is 0 Å². The Balaban J connectivity index is 1.78. The van der Waals surface area contributed by atoms with E-state index in [2.05, 4.69) is 6.08 Å². The number of imide groups is 1. The third-order valence-corrected chi connectivity index (χ3v) is 3.02. The highest BCUT2D eigenvalue weighted by molar-refractivity contribution is 6.01. The summed E-state index contributed by atoms with van der Waals surface area (Å²) in [5.41, 5.74) is 0. The second kappa shape index (κ2) is 6.88. The summed E-state index contributed by atoms with van der Waals surface area (Å²) in [5.74, 6) is -0.977. The lowest BCUT2D eigenvalue weighted by molar-refractivity contribution is -0.199. The topological polar surface area (TPSA) is 72.9 Å². The van der Waals surface area contributed by atoms with E-state index >= 15 is 0 Å². The molecule has 1 aliphatic carbocycles. The summed E-state index contributed by atoms with van der Waals surface area (Å²) in [4.78, 5) is 38.8. The van der Waals surface area contributed by atoms with Gasteiger partial charge in [-0.15, -0.1) is 5.06 Å². The first-order valence-electron chi connectivity index (χ1n) is 6.70. The normalized spacial score (nSPS) is 23.6. The lowest BCUT2D eigenvalue weighted by Gasteiger charge is -2.14. The van der Waals surface area contributed by atoms with Crippen LogP contribution in [-0.2, 0) is 24.0 Å². The van der Waals surface area contributed by atoms with Crippen molar-refractivity contribution in [2.45, 2.75) is 38.5 Å². The molecule has 1 saturated heterocycles. The molecular formula is C14H17NO5. The summed E-state index contributed by atoms with van der Waals surface area (Å²) in [6.45, 7) is -0.299. The van der Waals surface area contributed by atoms with Crippen LogP contribution in [0.1, 0.15) is 38.5 Å². The van der Waals surface area contributed by atoms with Crippen LogP contribution in [0.4, 0.5) is 0 Å². The van der Waals surface area contributed by atoms with Crippen molar-refractivity contribution < 1.29 is 24.0 Å². The number of hydrogen-bond donors (Lipinski definition) is 0. The molecule has 0 bridgehead atoms. The van der Waals surface area contributed by atoms with Gasteiger partial charge in [0.15, 0.2) is 6.61 Å². The van der Waals surface area contributed by atoms with Gasteiger partial charge in [-0.3, -0.25) is 9.59 Å². The minimum absolute atomic E-state index is 0.0878. The van der Waals surface area contributed by atoms with Crippen LogP contribution in [0.5, 0.6) is 0 Å². The van der Waals surface area contributed by atoms with Gasteiger partial charge in [-0.2, -0.15) is 0 Å². The molecule has 1 fully saturated rings. The maximum absolute atomic E-state index is 11.6. The monoisotopic (exact) mass is 279 g/mol. The molecule has 20 heavy (non-hydrogen) atoms. The standard InChI is InChI=1S/C14H17NO5/c16-12-8-9-13(17)15(12)20-14(18)10-19-11-6-4-2-1-3-5-7-11/h1-2,6H,3-5,7-10H2/b2-1+,11-6+. The Bertz CT molecular complexity index is 450. The van der Waals surface area contributed by atoms with Crippen molar-refractivity contribution in [2.75, 3.05) is 6.61 Å². The molecule has 2 rings (SSSR count). The van der Waals surface area contributed by atoms with Gasteiger partial charge in [0.2, 0.25) is 0 Å². The molecule has 0 atom stereocenters. The third kappa shape index (κ3) is 3.94. The molecule has 6 heteroatoms. The zero-order valence-corrected chi connectivity index (χ0v) is 11.2. The summed E-state index contributed by atoms with van der Waals surface area (Å²) in [7, 11) is 0. The number of ether oxygens (including phenoxy) is 1. The summed E-state index contributed by atoms with van der Waals surface area (Å²) in [6, 6.07) is 0. The molecule has 0 unspecified atom stereocenters. The van der Waals surface area contributed by atoms with Crippen molar-refractivity contribution in [3.63, 3.8) is 0 Å². The van der Waals surface area contributed by atoms with Crippen molar-refractivity contribution >= 4 is 17.8 Å². The van der Waals surface area contributed by atoms with Crippen molar-refractivity contribution in [1.29, 1.82) is 0 Å². The molecule has 1 aliphatic heterocycles. The fourth-order valence-corrected chi connectivity index (χ4v) is 1.98. The van der Waals surface area contributed by atoms with E-state index in [1.165, 1.54) is 0 Å². The number of nitrogens with zero attached hydrogens (tertiary/aromatic N) is 1. The first-order valence-corrected chi connectivity index (χ1v) is 6.70. The molecule has 0 aromatic rings. The number of carbonyl (C=O) groups is 3. The molecule has 2 amide bonds. The van der Waals surface area contributed by atoms with Crippen LogP contribution < -0.4 is 0 Å². The number of carbonyl (C=O) groups excluding carboxylic acids is 3. The summed E-state index contributed by atoms with van der Waals surface area (Å²) in [6.07, 6.45) is 9.73. The zero-order valence-electron chi connectivity index (χ0n) is 11.2. The van der Waals surface area contributed by atoms with E-state index in [-0.39, 0.29) is 19.4 Å². The highest BCUT2D eigenvalue weighted by Gasteiger charge is 2.32. The van der Waals surface area contributed by atoms with Gasteiger partial charge in [0.25, 0.3) is 11.8 Å². The summed E-state index contributed by atoms with van der Waals surface area (Å²) >= 11 is 0. The number of rotatable bonds is 4. The third-order valence-electron chi connectivity index (χ3n) is 3.02. The minimum atomic E-state index is -0.743. The van der Waals surface area contributed by atoms with Gasteiger partial charge in [0.05, 0.1) is 5.76 Å². The molecular weight excluding hydrogens is 262 g/mol. The van der Waals surface area contributed by atoms with E-state index < -0.39 is 17.8 Å². The second-order valence-corrected chi connectivity index (χ2v) is 4.60. The summed E-state index contributed by atoms with van der Waals surface area (Å²) < 4.78 is 5.36. The molecule has 2 aliphatic rings. The number of hydroxylamine groups is 2. The highest BCUT2D eigenvalue weighted by atomic mass is 16.7. The fourth-order valence-electron chi connectivity index (χ4n) is 1.98. The number of hydrogen-bond acceptors (Lipinski definition) is 5. The van der Waals surface area contributed by atoms with Crippen LogP contribution in [-0.4, -0.2) is 29.5 Å². The Morgan fingerprint density at radius 2 is 1.90 bits per heavy atom. The fraction of sp³-hybridized carbons (Fsp3) is 0.500. The van der Waals surface area contributed by atoms with E-state index in [1.54, 1.807) is 0 Å². The van der Waals surface area contributed by atoms with Gasteiger partial charge in [-0.25, -0.2) is 4.79 Å². The highest BCUT2D eigenvalue weighted by Crippen LogP contribution is 2.15. The van der Waals surface area contributed by atoms with Gasteiger partial charge in [-0.05, 0) is 25.3 Å². The molecule has 0 radical (unpaired) electrons. The van der Waals surface area contributed by atoms with Crippen molar-refractivity contribution in [3.05, 3.63) is 24.0 Å². The number of amides is 2. The van der Waals surface area contributed by atoms with Crippen LogP contribution in [0.2, 0.25) is 0 Å². The maximum atomic E-state index is 11.6. The second-order valence-electron chi connectivity index (χ2n) is 4.60. The van der Waals surface area contributed by atoms with E-state index in [9.17, 15) is 14.4 Å². The first kappa shape index (κ1) is 14.3. The molecule has 108 valence electrons. The number of allylic oxidation sites excluding steroid dienone is 4. The quantitative estimate of drug-likeness (QED) is 0.577. The molecule has 0 aromatic heterocycles. The molecule has 6 nitrogen and oxygen atoms in total. The molecule has 0 aromatic carbocycles. The Morgan fingerprint density at radius 3 is 2.65 bits per heavy atom. The lowest BCUT2D eigenvalue weighted by atomic mass is 10.1. The van der Waals surface area contributed by atoms with Crippen molar-refractivity contribution in [3.8, 4) is 0 Å². The average Bonchev–Trinajstić information content (AvgIpc) is 2.69. The smallest absolute Gasteiger partial charge is 0.370 e. The predicted molar refractivity (Wildman–Crippen MR) is 68.8 cm³/mol. The van der Waals surface area contributed by atoms with E-state index in [4.69, 9.17) is 9.57 Å². The first-order chi connectivity index (χ1) is 9.66. The predicted octanol–water partition coefficient (Wildman–Crippen LogP) is 1.62. The van der Waals surface area contributed by atoms with E-state index in [1.807, 2.05) is 12.2 Å². The lowest BCUT2D eigenvalue weighted by Crippen LogP contribution is -2.33. The minimum Gasteiger partial charge on any atom is -0.486 e. The van der Waals surface area contributed by atoms with Crippen LogP contribution in [0.15, 0.2) is 24.0 Å². The van der Waals surface area contributed by atoms with Crippen molar-refractivity contribution in [1.82, 2.24) is 5.06 Å². The zero-order chi connectivity index (χ0) is 14.4. The Hall–Kier alpha value is -2.11. The van der Waals surface area contributed by atoms with Gasteiger partial charge in [-0.1, -0.05) is 12.2 Å². The van der Waals surface area contributed by atoms with Crippen LogP contribution in [0.3, 0.4) is 0 Å². The largest absolute Gasteiger partial charge is 0.486 e. The Kier molecular flexibility index (Phi) is 4.92. The van der Waals surface area contributed by atoms with Crippen LogP contribution >= 0.6 is 0 Å². The summed E-state index contributed by atoms with van der Waals surface area (Å²) in [5, 5.41) is 0.529. The van der Waals surface area contributed by atoms with Gasteiger partial charge in [0, 0.05) is 19.3 Å². The average molecular weight is 279 g/mol. The maximum Gasteiger partial charge on any atom is 0.370 e. The Labute approximate surface area is 117 Å². The SMILES string of the molecule is O=C(CO/C1=C/C/C=C/CCC1)ON1C(=O)CCC1=O. The van der Waals surface area contributed by atoms with Crippen molar-refractivity contribution in [2.24, 2.45) is 0 Å². The van der Waals surface area contributed by atoms with Gasteiger partial charge in [0.1, 0.15) is 0 Å². The van der Waals surface area contributed by atoms with Gasteiger partial charge < -0.3 is 9.57 Å². The van der Waals surface area contributed by atoms with E-state index in [0.29, 0.717) is 5.06 Å².